The third-order valence-electron chi connectivity index (χ3n) is 4.73. The Hall–Kier alpha value is -1.08. The van der Waals surface area contributed by atoms with Crippen molar-refractivity contribution in [3.63, 3.8) is 0 Å². The molecule has 0 unspecified atom stereocenters. The van der Waals surface area contributed by atoms with Gasteiger partial charge in [-0.15, -0.1) is 0 Å². The van der Waals surface area contributed by atoms with Crippen molar-refractivity contribution in [2.24, 2.45) is 10.8 Å². The van der Waals surface area contributed by atoms with Crippen molar-refractivity contribution in [2.45, 2.75) is 51.4 Å². The number of nitrogens with zero attached hydrogens (tertiary/aromatic N) is 1. The van der Waals surface area contributed by atoms with Gasteiger partial charge in [0.1, 0.15) is 5.41 Å². The summed E-state index contributed by atoms with van der Waals surface area (Å²) < 4.78 is 0. The molecule has 2 N–H and O–H groups in total. The van der Waals surface area contributed by atoms with Gasteiger partial charge in [0, 0.05) is 12.0 Å². The number of amides is 1. The van der Waals surface area contributed by atoms with Crippen molar-refractivity contribution in [3.05, 3.63) is 0 Å². The van der Waals surface area contributed by atoms with E-state index in [1.807, 2.05) is 0 Å². The second kappa shape index (κ2) is 5.27. The smallest absolute Gasteiger partial charge is 0.240 e. The molecule has 0 aromatic rings. The van der Waals surface area contributed by atoms with Gasteiger partial charge in [0.25, 0.3) is 0 Å². The maximum atomic E-state index is 12.1. The lowest BCUT2D eigenvalue weighted by Gasteiger charge is -2.38. The van der Waals surface area contributed by atoms with Crippen LogP contribution in [0.15, 0.2) is 0 Å². The predicted molar refractivity (Wildman–Crippen MR) is 67.5 cm³/mol. The van der Waals surface area contributed by atoms with Gasteiger partial charge in [0.05, 0.1) is 12.7 Å². The van der Waals surface area contributed by atoms with E-state index in [-0.39, 0.29) is 17.9 Å². The largest absolute Gasteiger partial charge is 0.396 e. The summed E-state index contributed by atoms with van der Waals surface area (Å²) in [6, 6.07) is 2.16. The van der Waals surface area contributed by atoms with Gasteiger partial charge >= 0.3 is 0 Å². The van der Waals surface area contributed by atoms with Crippen molar-refractivity contribution in [2.75, 3.05) is 13.2 Å². The summed E-state index contributed by atoms with van der Waals surface area (Å²) in [5.74, 6) is -0.130. The third kappa shape index (κ3) is 2.37. The summed E-state index contributed by atoms with van der Waals surface area (Å²) in [4.78, 5) is 12.1. The van der Waals surface area contributed by atoms with Crippen LogP contribution in [0.25, 0.3) is 0 Å². The fourth-order valence-electron chi connectivity index (χ4n) is 3.05. The van der Waals surface area contributed by atoms with Crippen molar-refractivity contribution >= 4 is 5.91 Å². The number of hydrogen-bond donors (Lipinski definition) is 2. The fraction of sp³-hybridized carbons (Fsp3) is 0.857. The Kier molecular flexibility index (Phi) is 3.91. The highest BCUT2D eigenvalue weighted by Gasteiger charge is 2.45. The molecule has 0 aliphatic heterocycles. The Morgan fingerprint density at radius 2 is 1.83 bits per heavy atom. The van der Waals surface area contributed by atoms with Crippen LogP contribution in [0.1, 0.15) is 51.4 Å². The molecule has 2 saturated carbocycles. The Balaban J connectivity index is 1.90. The van der Waals surface area contributed by atoms with E-state index >= 15 is 0 Å². The quantitative estimate of drug-likeness (QED) is 0.798. The summed E-state index contributed by atoms with van der Waals surface area (Å²) in [7, 11) is 0. The van der Waals surface area contributed by atoms with Crippen molar-refractivity contribution < 1.29 is 9.90 Å². The molecule has 2 rings (SSSR count). The summed E-state index contributed by atoms with van der Waals surface area (Å²) in [6.07, 6.45) is 7.75. The Labute approximate surface area is 108 Å². The second-order valence-electron chi connectivity index (χ2n) is 5.95. The number of aliphatic hydroxyl groups excluding tert-OH is 1. The SMILES string of the molecule is N#CC1(C(=O)NCC2(CO)CCCCC2)CCC1. The highest BCUT2D eigenvalue weighted by molar-refractivity contribution is 5.86. The van der Waals surface area contributed by atoms with Crippen LogP contribution < -0.4 is 5.32 Å². The molecule has 0 aromatic carbocycles. The van der Waals surface area contributed by atoms with Crippen LogP contribution >= 0.6 is 0 Å². The molecule has 0 bridgehead atoms. The molecule has 2 aliphatic carbocycles. The molecule has 4 nitrogen and oxygen atoms in total. The zero-order chi connectivity index (χ0) is 13.1. The maximum absolute atomic E-state index is 12.1. The third-order valence-corrected chi connectivity index (χ3v) is 4.73. The minimum Gasteiger partial charge on any atom is -0.396 e. The van der Waals surface area contributed by atoms with E-state index < -0.39 is 5.41 Å². The first kappa shape index (κ1) is 13.4. The summed E-state index contributed by atoms with van der Waals surface area (Å²) in [5.41, 5.74) is -0.917. The van der Waals surface area contributed by atoms with E-state index in [0.717, 1.165) is 32.1 Å². The second-order valence-corrected chi connectivity index (χ2v) is 5.95. The zero-order valence-electron chi connectivity index (χ0n) is 10.9. The standard InChI is InChI=1S/C14H22N2O2/c15-9-14(7-4-8-14)12(18)16-10-13(11-17)5-2-1-3-6-13/h17H,1-8,10-11H2,(H,16,18). The first-order chi connectivity index (χ1) is 8.66. The lowest BCUT2D eigenvalue weighted by Crippen LogP contribution is -2.49. The lowest BCUT2D eigenvalue weighted by molar-refractivity contribution is -0.132. The molecule has 0 atom stereocenters. The average Bonchev–Trinajstić information content (AvgIpc) is 2.37. The summed E-state index contributed by atoms with van der Waals surface area (Å²) in [6.45, 7) is 0.651. The van der Waals surface area contributed by atoms with E-state index in [2.05, 4.69) is 11.4 Å². The van der Waals surface area contributed by atoms with Crippen LogP contribution in [0.5, 0.6) is 0 Å². The summed E-state index contributed by atoms with van der Waals surface area (Å²) >= 11 is 0. The molecule has 0 saturated heterocycles. The minimum absolute atomic E-state index is 0.130. The van der Waals surface area contributed by atoms with Crippen molar-refractivity contribution in [1.29, 1.82) is 5.26 Å². The Morgan fingerprint density at radius 1 is 1.17 bits per heavy atom. The average molecular weight is 250 g/mol. The van der Waals surface area contributed by atoms with E-state index in [1.165, 1.54) is 6.42 Å². The van der Waals surface area contributed by atoms with Gasteiger partial charge in [0.2, 0.25) is 5.91 Å². The fourth-order valence-corrected chi connectivity index (χ4v) is 3.05. The number of rotatable bonds is 4. The predicted octanol–water partition coefficient (Wildman–Crippen LogP) is 1.74. The maximum Gasteiger partial charge on any atom is 0.240 e. The number of carbonyl (C=O) groups is 1. The molecule has 1 amide bonds. The van der Waals surface area contributed by atoms with Crippen LogP contribution in [-0.4, -0.2) is 24.2 Å². The van der Waals surface area contributed by atoms with Gasteiger partial charge in [-0.25, -0.2) is 0 Å². The molecule has 0 heterocycles. The summed E-state index contributed by atoms with van der Waals surface area (Å²) in [5, 5.41) is 21.6. The van der Waals surface area contributed by atoms with Crippen molar-refractivity contribution in [3.8, 4) is 6.07 Å². The van der Waals surface area contributed by atoms with Gasteiger partial charge < -0.3 is 10.4 Å². The van der Waals surface area contributed by atoms with Crippen LogP contribution in [-0.2, 0) is 4.79 Å². The van der Waals surface area contributed by atoms with Crippen LogP contribution in [0.3, 0.4) is 0 Å². The topological polar surface area (TPSA) is 73.1 Å². The molecular weight excluding hydrogens is 228 g/mol. The molecule has 2 fully saturated rings. The zero-order valence-corrected chi connectivity index (χ0v) is 10.9. The number of aliphatic hydroxyl groups is 1. The molecule has 0 radical (unpaired) electrons. The monoisotopic (exact) mass is 250 g/mol. The van der Waals surface area contributed by atoms with E-state index in [0.29, 0.717) is 19.4 Å². The number of nitrogens with one attached hydrogen (secondary N) is 1. The normalized spacial score (nSPS) is 24.7. The first-order valence-corrected chi connectivity index (χ1v) is 6.97. The highest BCUT2D eigenvalue weighted by atomic mass is 16.3. The number of nitriles is 1. The van der Waals surface area contributed by atoms with Crippen molar-refractivity contribution in [1.82, 2.24) is 5.32 Å². The Morgan fingerprint density at radius 3 is 2.28 bits per heavy atom. The molecular formula is C14H22N2O2. The molecule has 0 aromatic heterocycles. The Bertz CT molecular complexity index is 349. The number of hydrogen-bond acceptors (Lipinski definition) is 3. The molecule has 100 valence electrons. The van der Waals surface area contributed by atoms with Gasteiger partial charge in [0.15, 0.2) is 0 Å². The molecule has 0 spiro atoms. The van der Waals surface area contributed by atoms with Gasteiger partial charge in [-0.1, -0.05) is 19.3 Å². The number of carbonyl (C=O) groups excluding carboxylic acids is 1. The molecule has 18 heavy (non-hydrogen) atoms. The highest BCUT2D eigenvalue weighted by Crippen LogP contribution is 2.41. The first-order valence-electron chi connectivity index (χ1n) is 6.97. The van der Waals surface area contributed by atoms with Crippen LogP contribution in [0.2, 0.25) is 0 Å². The van der Waals surface area contributed by atoms with Gasteiger partial charge in [-0.2, -0.15) is 5.26 Å². The van der Waals surface area contributed by atoms with E-state index in [1.54, 1.807) is 0 Å². The van der Waals surface area contributed by atoms with Crippen LogP contribution in [0.4, 0.5) is 0 Å². The van der Waals surface area contributed by atoms with Crippen LogP contribution in [0, 0.1) is 22.2 Å². The molecule has 4 heteroatoms. The van der Waals surface area contributed by atoms with E-state index in [9.17, 15) is 9.90 Å². The van der Waals surface area contributed by atoms with Gasteiger partial charge in [-0.3, -0.25) is 4.79 Å². The molecule has 2 aliphatic rings. The lowest BCUT2D eigenvalue weighted by atomic mass is 9.69. The minimum atomic E-state index is -0.773. The van der Waals surface area contributed by atoms with E-state index in [4.69, 9.17) is 5.26 Å². The van der Waals surface area contributed by atoms with Gasteiger partial charge in [-0.05, 0) is 32.1 Å².